The van der Waals surface area contributed by atoms with Gasteiger partial charge in [0.25, 0.3) is 0 Å². The molecule has 1 atom stereocenters. The van der Waals surface area contributed by atoms with Crippen molar-refractivity contribution in [2.45, 2.75) is 52.0 Å². The van der Waals surface area contributed by atoms with Crippen LogP contribution >= 0.6 is 0 Å². The first-order chi connectivity index (χ1) is 7.52. The van der Waals surface area contributed by atoms with Crippen molar-refractivity contribution >= 4 is 5.97 Å². The summed E-state index contributed by atoms with van der Waals surface area (Å²) in [4.78, 5) is 15.4. The molecule has 1 aliphatic rings. The second-order valence-corrected chi connectivity index (χ2v) is 4.84. The molecule has 0 aromatic carbocycles. The third-order valence-corrected chi connectivity index (χ3v) is 3.23. The number of rotatable bonds is 2. The number of aromatic carboxylic acids is 1. The van der Waals surface area contributed by atoms with E-state index >= 15 is 0 Å². The molecule has 88 valence electrons. The Hall–Kier alpha value is -1.32. The Morgan fingerprint density at radius 2 is 2.25 bits per heavy atom. The van der Waals surface area contributed by atoms with E-state index in [0.29, 0.717) is 6.04 Å². The fraction of sp³-hybridized carbons (Fsp3) is 0.667. The Bertz CT molecular complexity index is 421. The van der Waals surface area contributed by atoms with Crippen molar-refractivity contribution in [3.8, 4) is 0 Å². The third-order valence-electron chi connectivity index (χ3n) is 3.23. The van der Waals surface area contributed by atoms with Crippen molar-refractivity contribution in [3.63, 3.8) is 0 Å². The lowest BCUT2D eigenvalue weighted by Crippen LogP contribution is -2.19. The van der Waals surface area contributed by atoms with Crippen molar-refractivity contribution in [2.24, 2.45) is 0 Å². The molecule has 1 aromatic heterocycles. The number of carbonyl (C=O) groups is 1. The molecule has 0 saturated carbocycles. The molecule has 2 rings (SSSR count). The molecule has 0 radical (unpaired) electrons. The maximum atomic E-state index is 11.1. The normalized spacial score (nSPS) is 19.9. The number of nitrogens with zero attached hydrogens (tertiary/aromatic N) is 2. The van der Waals surface area contributed by atoms with Crippen LogP contribution in [0.15, 0.2) is 0 Å². The molecular formula is C12H18N2O2. The first kappa shape index (κ1) is 11.2. The zero-order valence-corrected chi connectivity index (χ0v) is 10.0. The summed E-state index contributed by atoms with van der Waals surface area (Å²) in [5, 5.41) is 9.15. The van der Waals surface area contributed by atoms with Gasteiger partial charge in [0.1, 0.15) is 5.82 Å². The standard InChI is InChI=1S/C12H18N2O2/c1-7(2)11-13-10(12(15)16)9-6-4-5-8(3)14(9)11/h7-8H,4-6H2,1-3H3,(H,15,16). The summed E-state index contributed by atoms with van der Waals surface area (Å²) in [7, 11) is 0. The minimum Gasteiger partial charge on any atom is -0.476 e. The lowest BCUT2D eigenvalue weighted by Gasteiger charge is -2.25. The van der Waals surface area contributed by atoms with Crippen LogP contribution < -0.4 is 0 Å². The monoisotopic (exact) mass is 222 g/mol. The molecule has 2 heterocycles. The molecule has 1 unspecified atom stereocenters. The summed E-state index contributed by atoms with van der Waals surface area (Å²) in [5.41, 5.74) is 1.17. The molecule has 1 aromatic rings. The molecule has 4 heteroatoms. The lowest BCUT2D eigenvalue weighted by molar-refractivity contribution is 0.0689. The van der Waals surface area contributed by atoms with Gasteiger partial charge in [-0.1, -0.05) is 13.8 Å². The van der Waals surface area contributed by atoms with Crippen LogP contribution in [0.25, 0.3) is 0 Å². The van der Waals surface area contributed by atoms with E-state index in [2.05, 4.69) is 30.3 Å². The van der Waals surface area contributed by atoms with Gasteiger partial charge in [-0.05, 0) is 26.2 Å². The summed E-state index contributed by atoms with van der Waals surface area (Å²) in [5.74, 6) is 0.289. The van der Waals surface area contributed by atoms with Crippen LogP contribution in [0, 0.1) is 0 Å². The number of carboxylic acids is 1. The highest BCUT2D eigenvalue weighted by atomic mass is 16.4. The van der Waals surface area contributed by atoms with E-state index < -0.39 is 5.97 Å². The van der Waals surface area contributed by atoms with E-state index in [4.69, 9.17) is 5.11 Å². The van der Waals surface area contributed by atoms with Crippen LogP contribution in [0.3, 0.4) is 0 Å². The molecule has 0 spiro atoms. The zero-order valence-electron chi connectivity index (χ0n) is 10.0. The highest BCUT2D eigenvalue weighted by Crippen LogP contribution is 2.31. The van der Waals surface area contributed by atoms with Gasteiger partial charge >= 0.3 is 5.97 Å². The summed E-state index contributed by atoms with van der Waals surface area (Å²) < 4.78 is 2.14. The molecule has 0 aliphatic carbocycles. The van der Waals surface area contributed by atoms with Gasteiger partial charge in [0.05, 0.1) is 5.69 Å². The molecule has 4 nitrogen and oxygen atoms in total. The second kappa shape index (κ2) is 3.92. The summed E-state index contributed by atoms with van der Waals surface area (Å²) in [6.07, 6.45) is 3.01. The highest BCUT2D eigenvalue weighted by molar-refractivity contribution is 5.87. The maximum absolute atomic E-state index is 11.1. The number of hydrogen-bond acceptors (Lipinski definition) is 2. The highest BCUT2D eigenvalue weighted by Gasteiger charge is 2.28. The Morgan fingerprint density at radius 3 is 2.81 bits per heavy atom. The largest absolute Gasteiger partial charge is 0.476 e. The zero-order chi connectivity index (χ0) is 11.9. The quantitative estimate of drug-likeness (QED) is 0.836. The van der Waals surface area contributed by atoms with Crippen LogP contribution in [-0.2, 0) is 6.42 Å². The molecular weight excluding hydrogens is 204 g/mol. The van der Waals surface area contributed by atoms with Crippen LogP contribution in [0.1, 0.15) is 67.6 Å². The number of hydrogen-bond donors (Lipinski definition) is 1. The van der Waals surface area contributed by atoms with Crippen molar-refractivity contribution in [1.29, 1.82) is 0 Å². The molecule has 0 bridgehead atoms. The summed E-state index contributed by atoms with van der Waals surface area (Å²) in [6, 6.07) is 0.377. The molecule has 0 saturated heterocycles. The van der Waals surface area contributed by atoms with Crippen LogP contribution in [0.5, 0.6) is 0 Å². The van der Waals surface area contributed by atoms with Crippen molar-refractivity contribution in [2.75, 3.05) is 0 Å². The Morgan fingerprint density at radius 1 is 1.56 bits per heavy atom. The van der Waals surface area contributed by atoms with Crippen molar-refractivity contribution in [3.05, 3.63) is 17.2 Å². The van der Waals surface area contributed by atoms with Gasteiger partial charge in [0, 0.05) is 12.0 Å². The molecule has 1 aliphatic heterocycles. The lowest BCUT2D eigenvalue weighted by atomic mass is 10.0. The number of carboxylic acid groups (broad SMARTS) is 1. The van der Waals surface area contributed by atoms with E-state index in [1.807, 2.05) is 0 Å². The molecule has 1 N–H and O–H groups in total. The van der Waals surface area contributed by atoms with Crippen molar-refractivity contribution in [1.82, 2.24) is 9.55 Å². The number of fused-ring (bicyclic) bond motifs is 1. The molecule has 0 fully saturated rings. The van der Waals surface area contributed by atoms with Gasteiger partial charge in [-0.2, -0.15) is 0 Å². The van der Waals surface area contributed by atoms with Crippen molar-refractivity contribution < 1.29 is 9.90 Å². The summed E-state index contributed by atoms with van der Waals surface area (Å²) >= 11 is 0. The fourth-order valence-corrected chi connectivity index (χ4v) is 2.49. The maximum Gasteiger partial charge on any atom is 0.356 e. The smallest absolute Gasteiger partial charge is 0.356 e. The van der Waals surface area contributed by atoms with Gasteiger partial charge < -0.3 is 9.67 Å². The van der Waals surface area contributed by atoms with Gasteiger partial charge in [-0.3, -0.25) is 0 Å². The number of aromatic nitrogens is 2. The topological polar surface area (TPSA) is 55.1 Å². The van der Waals surface area contributed by atoms with Crippen LogP contribution in [0.2, 0.25) is 0 Å². The van der Waals surface area contributed by atoms with E-state index in [1.54, 1.807) is 0 Å². The van der Waals surface area contributed by atoms with E-state index in [-0.39, 0.29) is 11.6 Å². The predicted octanol–water partition coefficient (Wildman–Crippen LogP) is 2.60. The first-order valence-electron chi connectivity index (χ1n) is 5.86. The minimum absolute atomic E-state index is 0.259. The van der Waals surface area contributed by atoms with Crippen LogP contribution in [0.4, 0.5) is 0 Å². The minimum atomic E-state index is -0.898. The third kappa shape index (κ3) is 1.62. The first-order valence-corrected chi connectivity index (χ1v) is 5.86. The SMILES string of the molecule is CC(C)c1nc(C(=O)O)c2n1C(C)CCC2. The van der Waals surface area contributed by atoms with Gasteiger partial charge in [0.2, 0.25) is 0 Å². The average Bonchev–Trinajstić information content (AvgIpc) is 2.58. The van der Waals surface area contributed by atoms with Gasteiger partial charge in [-0.15, -0.1) is 0 Å². The van der Waals surface area contributed by atoms with E-state index in [0.717, 1.165) is 30.8 Å². The number of imidazole rings is 1. The van der Waals surface area contributed by atoms with E-state index in [1.165, 1.54) is 0 Å². The van der Waals surface area contributed by atoms with E-state index in [9.17, 15) is 4.79 Å². The molecule has 16 heavy (non-hydrogen) atoms. The molecule has 0 amide bonds. The fourth-order valence-electron chi connectivity index (χ4n) is 2.49. The van der Waals surface area contributed by atoms with Gasteiger partial charge in [-0.25, -0.2) is 9.78 Å². The predicted molar refractivity (Wildman–Crippen MR) is 60.9 cm³/mol. The average molecular weight is 222 g/mol. The Labute approximate surface area is 95.3 Å². The second-order valence-electron chi connectivity index (χ2n) is 4.84. The van der Waals surface area contributed by atoms with Crippen LogP contribution in [-0.4, -0.2) is 20.6 Å². The summed E-state index contributed by atoms with van der Waals surface area (Å²) in [6.45, 7) is 6.26. The Balaban J connectivity index is 2.60. The Kier molecular flexibility index (Phi) is 2.74. The van der Waals surface area contributed by atoms with Gasteiger partial charge in [0.15, 0.2) is 5.69 Å².